The Morgan fingerprint density at radius 3 is 3.00 bits per heavy atom. The maximum Gasteiger partial charge on any atom is 0.312 e. The van der Waals surface area contributed by atoms with Gasteiger partial charge in [0, 0.05) is 30.6 Å². The van der Waals surface area contributed by atoms with Gasteiger partial charge in [-0.15, -0.1) is 0 Å². The molecule has 0 bridgehead atoms. The van der Waals surface area contributed by atoms with Gasteiger partial charge >= 0.3 is 6.03 Å². The number of hydrogen-bond acceptors (Lipinski definition) is 3. The van der Waals surface area contributed by atoms with E-state index in [9.17, 15) is 4.79 Å². The summed E-state index contributed by atoms with van der Waals surface area (Å²) < 4.78 is 5.68. The molecule has 0 aromatic heterocycles. The molecule has 0 fully saturated rings. The first-order chi connectivity index (χ1) is 8.68. The average Bonchev–Trinajstić information content (AvgIpc) is 2.36. The molecule has 2 unspecified atom stereocenters. The van der Waals surface area contributed by atoms with Crippen molar-refractivity contribution in [3.63, 3.8) is 0 Å². The molecule has 2 atom stereocenters. The van der Waals surface area contributed by atoms with Gasteiger partial charge in [0.25, 0.3) is 0 Å². The Bertz CT molecular complexity index is 422. The highest BCUT2D eigenvalue weighted by Crippen LogP contribution is 2.34. The largest absolute Gasteiger partial charge is 0.493 e. The summed E-state index contributed by atoms with van der Waals surface area (Å²) in [6.45, 7) is 4.07. The van der Waals surface area contributed by atoms with E-state index in [1.165, 1.54) is 5.56 Å². The van der Waals surface area contributed by atoms with Crippen molar-refractivity contribution < 1.29 is 9.53 Å². The molecule has 18 heavy (non-hydrogen) atoms. The Kier molecular flexibility index (Phi) is 4.04. The maximum atomic E-state index is 10.6. The normalized spacial score (nSPS) is 21.8. The summed E-state index contributed by atoms with van der Waals surface area (Å²) in [6, 6.07) is 7.81. The fourth-order valence-electron chi connectivity index (χ4n) is 2.22. The van der Waals surface area contributed by atoms with Crippen molar-refractivity contribution in [2.75, 3.05) is 19.7 Å². The zero-order valence-corrected chi connectivity index (χ0v) is 10.5. The fraction of sp³-hybridized carbons (Fsp3) is 0.462. The lowest BCUT2D eigenvalue weighted by Crippen LogP contribution is -2.39. The molecule has 4 N–H and O–H groups in total. The molecule has 1 heterocycles. The van der Waals surface area contributed by atoms with E-state index in [1.54, 1.807) is 0 Å². The van der Waals surface area contributed by atoms with Gasteiger partial charge in [-0.05, 0) is 6.07 Å². The molecule has 1 aliphatic heterocycles. The quantitative estimate of drug-likeness (QED) is 0.697. The number of amides is 2. The highest BCUT2D eigenvalue weighted by Gasteiger charge is 2.26. The lowest BCUT2D eigenvalue weighted by molar-refractivity contribution is 0.189. The number of para-hydroxylation sites is 1. The number of ether oxygens (including phenoxy) is 1. The molecule has 1 aliphatic rings. The second-order valence-corrected chi connectivity index (χ2v) is 4.55. The molecule has 5 heteroatoms. The molecule has 2 amide bonds. The molecular formula is C13H19N3O2. The second-order valence-electron chi connectivity index (χ2n) is 4.55. The summed E-state index contributed by atoms with van der Waals surface area (Å²) in [7, 11) is 0. The standard InChI is InChI=1S/C13H19N3O2/c1-9-8-18-11-5-3-2-4-10(11)12(9)15-6-7-16-13(14)17/h2-5,9,12,15H,6-8H2,1H3,(H3,14,16,17). The Hall–Kier alpha value is -1.75. The summed E-state index contributed by atoms with van der Waals surface area (Å²) >= 11 is 0. The number of benzene rings is 1. The van der Waals surface area contributed by atoms with Crippen LogP contribution in [-0.2, 0) is 0 Å². The molecule has 98 valence electrons. The summed E-state index contributed by atoms with van der Waals surface area (Å²) in [5, 5.41) is 6.00. The van der Waals surface area contributed by atoms with Crippen molar-refractivity contribution in [2.24, 2.45) is 11.7 Å². The topological polar surface area (TPSA) is 76.4 Å². The lowest BCUT2D eigenvalue weighted by Gasteiger charge is -2.32. The number of carbonyl (C=O) groups excluding carboxylic acids is 1. The van der Waals surface area contributed by atoms with Gasteiger partial charge in [-0.1, -0.05) is 25.1 Å². The SMILES string of the molecule is CC1COc2ccccc2C1NCCNC(N)=O. The first-order valence-corrected chi connectivity index (χ1v) is 6.17. The van der Waals surface area contributed by atoms with Crippen LogP contribution in [-0.4, -0.2) is 25.7 Å². The van der Waals surface area contributed by atoms with Crippen molar-refractivity contribution in [3.8, 4) is 5.75 Å². The van der Waals surface area contributed by atoms with E-state index in [-0.39, 0.29) is 6.04 Å². The number of rotatable bonds is 4. The van der Waals surface area contributed by atoms with Crippen LogP contribution < -0.4 is 21.1 Å². The van der Waals surface area contributed by atoms with E-state index in [2.05, 4.69) is 23.6 Å². The van der Waals surface area contributed by atoms with Crippen LogP contribution in [0.15, 0.2) is 24.3 Å². The highest BCUT2D eigenvalue weighted by atomic mass is 16.5. The van der Waals surface area contributed by atoms with Gasteiger partial charge < -0.3 is 21.1 Å². The van der Waals surface area contributed by atoms with Crippen LogP contribution >= 0.6 is 0 Å². The van der Waals surface area contributed by atoms with E-state index >= 15 is 0 Å². The molecule has 0 saturated carbocycles. The summed E-state index contributed by atoms with van der Waals surface area (Å²) in [5.74, 6) is 1.34. The minimum Gasteiger partial charge on any atom is -0.493 e. The fourth-order valence-corrected chi connectivity index (χ4v) is 2.22. The third kappa shape index (κ3) is 2.92. The van der Waals surface area contributed by atoms with Crippen LogP contribution in [0.2, 0.25) is 0 Å². The first-order valence-electron chi connectivity index (χ1n) is 6.17. The van der Waals surface area contributed by atoms with Gasteiger partial charge in [0.05, 0.1) is 6.61 Å². The Balaban J connectivity index is 1.96. The zero-order valence-electron chi connectivity index (χ0n) is 10.5. The van der Waals surface area contributed by atoms with Crippen LogP contribution in [0.3, 0.4) is 0 Å². The number of primary amides is 1. The third-order valence-corrected chi connectivity index (χ3v) is 3.11. The van der Waals surface area contributed by atoms with E-state index in [4.69, 9.17) is 10.5 Å². The number of nitrogens with two attached hydrogens (primary N) is 1. The monoisotopic (exact) mass is 249 g/mol. The van der Waals surface area contributed by atoms with Crippen molar-refractivity contribution in [1.82, 2.24) is 10.6 Å². The molecule has 0 saturated heterocycles. The summed E-state index contributed by atoms with van der Waals surface area (Å²) in [5.41, 5.74) is 6.19. The van der Waals surface area contributed by atoms with E-state index in [0.29, 0.717) is 25.6 Å². The van der Waals surface area contributed by atoms with Crippen molar-refractivity contribution in [3.05, 3.63) is 29.8 Å². The first kappa shape index (κ1) is 12.7. The molecule has 0 spiro atoms. The molecule has 1 aromatic carbocycles. The third-order valence-electron chi connectivity index (χ3n) is 3.11. The number of hydrogen-bond donors (Lipinski definition) is 3. The number of urea groups is 1. The van der Waals surface area contributed by atoms with Crippen LogP contribution in [0.25, 0.3) is 0 Å². The maximum absolute atomic E-state index is 10.6. The second kappa shape index (κ2) is 5.73. The Labute approximate surface area is 107 Å². The number of carbonyl (C=O) groups is 1. The van der Waals surface area contributed by atoms with E-state index in [1.807, 2.05) is 18.2 Å². The van der Waals surface area contributed by atoms with Gasteiger partial charge in [0.2, 0.25) is 0 Å². The molecular weight excluding hydrogens is 230 g/mol. The minimum atomic E-state index is -0.489. The zero-order chi connectivity index (χ0) is 13.0. The Morgan fingerprint density at radius 1 is 1.44 bits per heavy atom. The summed E-state index contributed by atoms with van der Waals surface area (Å²) in [6.07, 6.45) is 0. The van der Waals surface area contributed by atoms with E-state index in [0.717, 1.165) is 5.75 Å². The van der Waals surface area contributed by atoms with Gasteiger partial charge in [0.1, 0.15) is 5.75 Å². The highest BCUT2D eigenvalue weighted by molar-refractivity contribution is 5.71. The molecule has 0 radical (unpaired) electrons. The molecule has 1 aromatic rings. The van der Waals surface area contributed by atoms with Crippen molar-refractivity contribution >= 4 is 6.03 Å². The predicted octanol–water partition coefficient (Wildman–Crippen LogP) is 1.01. The molecule has 0 aliphatic carbocycles. The van der Waals surface area contributed by atoms with Crippen LogP contribution in [0, 0.1) is 5.92 Å². The number of fused-ring (bicyclic) bond motifs is 1. The number of nitrogens with one attached hydrogen (secondary N) is 2. The van der Waals surface area contributed by atoms with Gasteiger partial charge in [-0.3, -0.25) is 0 Å². The average molecular weight is 249 g/mol. The Morgan fingerprint density at radius 2 is 2.22 bits per heavy atom. The van der Waals surface area contributed by atoms with Gasteiger partial charge in [0.15, 0.2) is 0 Å². The molecule has 2 rings (SSSR count). The van der Waals surface area contributed by atoms with Crippen molar-refractivity contribution in [1.29, 1.82) is 0 Å². The summed E-state index contributed by atoms with van der Waals surface area (Å²) in [4.78, 5) is 10.6. The predicted molar refractivity (Wildman–Crippen MR) is 69.4 cm³/mol. The van der Waals surface area contributed by atoms with Crippen LogP contribution in [0.4, 0.5) is 4.79 Å². The van der Waals surface area contributed by atoms with Crippen molar-refractivity contribution in [2.45, 2.75) is 13.0 Å². The van der Waals surface area contributed by atoms with E-state index < -0.39 is 6.03 Å². The minimum absolute atomic E-state index is 0.254. The van der Waals surface area contributed by atoms with Crippen LogP contribution in [0.1, 0.15) is 18.5 Å². The van der Waals surface area contributed by atoms with Gasteiger partial charge in [-0.2, -0.15) is 0 Å². The smallest absolute Gasteiger partial charge is 0.312 e. The van der Waals surface area contributed by atoms with Crippen LogP contribution in [0.5, 0.6) is 5.75 Å². The van der Waals surface area contributed by atoms with Gasteiger partial charge in [-0.25, -0.2) is 4.79 Å². The molecule has 5 nitrogen and oxygen atoms in total. The lowest BCUT2D eigenvalue weighted by atomic mass is 9.92.